The number of carbonyl (C=O) groups excluding carboxylic acids is 2. The van der Waals surface area contributed by atoms with Gasteiger partial charge in [0.2, 0.25) is 0 Å². The van der Waals surface area contributed by atoms with Gasteiger partial charge in [-0.15, -0.1) is 0 Å². The van der Waals surface area contributed by atoms with Crippen LogP contribution in [-0.2, 0) is 9.59 Å². The standard InChI is InChI=1S/C17H23N5O6/c1-28-13-5-3-2-4-12(13)21(17(18)26)14-6-7-15(23)20-10-19-8-11(16(24)25)9-22(14,20)27/h2-5,11,14,19H,6-10H2,1H3,(H2,18,26)(H,24,25). The van der Waals surface area contributed by atoms with E-state index >= 15 is 0 Å². The summed E-state index contributed by atoms with van der Waals surface area (Å²) in [7, 11) is 1.42. The molecule has 3 rings (SSSR count). The summed E-state index contributed by atoms with van der Waals surface area (Å²) in [6, 6.07) is 5.69. The Morgan fingerprint density at radius 1 is 1.43 bits per heavy atom. The van der Waals surface area contributed by atoms with E-state index in [9.17, 15) is 24.7 Å². The second-order valence-corrected chi connectivity index (χ2v) is 6.78. The Bertz CT molecular complexity index is 789. The molecule has 3 unspecified atom stereocenters. The summed E-state index contributed by atoms with van der Waals surface area (Å²) in [4.78, 5) is 37.5. The van der Waals surface area contributed by atoms with E-state index in [0.717, 1.165) is 9.91 Å². The maximum Gasteiger partial charge on any atom is 0.324 e. The van der Waals surface area contributed by atoms with Crippen LogP contribution in [0.25, 0.3) is 0 Å². The number of benzene rings is 1. The molecule has 0 radical (unpaired) electrons. The lowest BCUT2D eigenvalue weighted by Gasteiger charge is -2.57. The van der Waals surface area contributed by atoms with E-state index in [0.29, 0.717) is 5.75 Å². The third kappa shape index (κ3) is 3.35. The molecule has 3 atom stereocenters. The van der Waals surface area contributed by atoms with Gasteiger partial charge in [-0.1, -0.05) is 12.1 Å². The Morgan fingerprint density at radius 2 is 2.14 bits per heavy atom. The molecule has 1 aromatic rings. The van der Waals surface area contributed by atoms with Gasteiger partial charge in [0.1, 0.15) is 24.9 Å². The monoisotopic (exact) mass is 393 g/mol. The van der Waals surface area contributed by atoms with E-state index in [2.05, 4.69) is 5.32 Å². The van der Waals surface area contributed by atoms with Crippen LogP contribution in [0.5, 0.6) is 5.75 Å². The molecule has 0 bridgehead atoms. The van der Waals surface area contributed by atoms with Crippen molar-refractivity contribution in [2.24, 2.45) is 11.7 Å². The second kappa shape index (κ2) is 7.62. The molecule has 0 saturated carbocycles. The van der Waals surface area contributed by atoms with Crippen molar-refractivity contribution in [3.63, 3.8) is 0 Å². The SMILES string of the molecule is COc1ccccc1N(C(N)=O)C1CCC(=O)N2CNCC(C(=O)O)C[N+]12[O-]. The number of hydrogen-bond donors (Lipinski definition) is 3. The molecule has 2 aliphatic heterocycles. The van der Waals surface area contributed by atoms with Gasteiger partial charge in [-0.3, -0.25) is 14.9 Å². The van der Waals surface area contributed by atoms with Gasteiger partial charge in [0.05, 0.1) is 12.8 Å². The highest BCUT2D eigenvalue weighted by molar-refractivity contribution is 5.93. The third-order valence-corrected chi connectivity index (χ3v) is 5.14. The van der Waals surface area contributed by atoms with E-state index < -0.39 is 41.3 Å². The zero-order chi connectivity index (χ0) is 20.5. The van der Waals surface area contributed by atoms with Crippen LogP contribution in [0.3, 0.4) is 0 Å². The van der Waals surface area contributed by atoms with Gasteiger partial charge in [-0.2, -0.15) is 5.01 Å². The number of carbonyl (C=O) groups is 3. The predicted molar refractivity (Wildman–Crippen MR) is 97.4 cm³/mol. The number of para-hydroxylation sites is 2. The van der Waals surface area contributed by atoms with Crippen LogP contribution >= 0.6 is 0 Å². The van der Waals surface area contributed by atoms with E-state index in [4.69, 9.17) is 10.5 Å². The number of carboxylic acid groups (broad SMARTS) is 1. The van der Waals surface area contributed by atoms with Crippen LogP contribution in [-0.4, -0.2) is 65.8 Å². The molecule has 2 fully saturated rings. The normalized spacial score (nSPS) is 27.5. The molecule has 0 spiro atoms. The fourth-order valence-corrected chi connectivity index (χ4v) is 3.82. The van der Waals surface area contributed by atoms with Crippen molar-refractivity contribution < 1.29 is 29.0 Å². The number of ether oxygens (including phenoxy) is 1. The maximum atomic E-state index is 13.9. The van der Waals surface area contributed by atoms with Gasteiger partial charge in [0.25, 0.3) is 5.91 Å². The highest BCUT2D eigenvalue weighted by Crippen LogP contribution is 2.37. The second-order valence-electron chi connectivity index (χ2n) is 6.78. The molecule has 2 aliphatic rings. The van der Waals surface area contributed by atoms with Crippen molar-refractivity contribution in [1.82, 2.24) is 10.3 Å². The van der Waals surface area contributed by atoms with Crippen molar-refractivity contribution in [1.29, 1.82) is 0 Å². The summed E-state index contributed by atoms with van der Waals surface area (Å²) in [5.41, 5.74) is 5.91. The Labute approximate surface area is 161 Å². The van der Waals surface area contributed by atoms with Gasteiger partial charge in [-0.05, 0) is 12.1 Å². The van der Waals surface area contributed by atoms with E-state index in [1.807, 2.05) is 0 Å². The number of nitrogens with one attached hydrogen (secondary N) is 1. The highest BCUT2D eigenvalue weighted by atomic mass is 16.6. The number of urea groups is 1. The lowest BCUT2D eigenvalue weighted by atomic mass is 10.1. The van der Waals surface area contributed by atoms with Gasteiger partial charge >= 0.3 is 12.0 Å². The third-order valence-electron chi connectivity index (χ3n) is 5.14. The molecule has 4 N–H and O–H groups in total. The molecule has 3 amide bonds. The fourth-order valence-electron chi connectivity index (χ4n) is 3.82. The van der Waals surface area contributed by atoms with Gasteiger partial charge in [0.15, 0.2) is 6.17 Å². The molecular formula is C17H23N5O6. The lowest BCUT2D eigenvalue weighted by Crippen LogP contribution is -2.73. The van der Waals surface area contributed by atoms with Gasteiger partial charge in [-0.25, -0.2) is 14.4 Å². The number of amides is 3. The topological polar surface area (TPSA) is 148 Å². The minimum atomic E-state index is -1.30. The van der Waals surface area contributed by atoms with Crippen molar-refractivity contribution in [3.05, 3.63) is 29.5 Å². The average Bonchev–Trinajstić information content (AvgIpc) is 2.84. The summed E-state index contributed by atoms with van der Waals surface area (Å²) >= 11 is 0. The van der Waals surface area contributed by atoms with Crippen molar-refractivity contribution in [2.75, 3.05) is 31.8 Å². The number of fused-ring (bicyclic) bond motifs is 1. The zero-order valence-corrected chi connectivity index (χ0v) is 15.4. The van der Waals surface area contributed by atoms with Crippen molar-refractivity contribution >= 4 is 23.6 Å². The van der Waals surface area contributed by atoms with E-state index in [1.54, 1.807) is 24.3 Å². The van der Waals surface area contributed by atoms with Crippen LogP contribution in [0.4, 0.5) is 10.5 Å². The average molecular weight is 393 g/mol. The van der Waals surface area contributed by atoms with E-state index in [-0.39, 0.29) is 31.7 Å². The lowest BCUT2D eigenvalue weighted by molar-refractivity contribution is -1.00. The summed E-state index contributed by atoms with van der Waals surface area (Å²) in [5, 5.41) is 27.3. The number of anilines is 1. The smallest absolute Gasteiger partial charge is 0.324 e. The summed E-state index contributed by atoms with van der Waals surface area (Å²) in [5.74, 6) is -2.25. The first kappa shape index (κ1) is 19.9. The first-order valence-corrected chi connectivity index (χ1v) is 8.84. The fraction of sp³-hybridized carbons (Fsp3) is 0.471. The number of hydroxylamine groups is 2. The highest BCUT2D eigenvalue weighted by Gasteiger charge is 2.51. The van der Waals surface area contributed by atoms with Crippen LogP contribution < -0.4 is 20.7 Å². The van der Waals surface area contributed by atoms with Crippen LogP contribution in [0.2, 0.25) is 0 Å². The largest absolute Gasteiger partial charge is 0.604 e. The Hall–Kier alpha value is -2.89. The molecular weight excluding hydrogens is 370 g/mol. The van der Waals surface area contributed by atoms with Crippen molar-refractivity contribution in [2.45, 2.75) is 19.0 Å². The number of primary amides is 1. The number of rotatable bonds is 4. The number of nitrogens with two attached hydrogens (primary N) is 1. The van der Waals surface area contributed by atoms with Crippen LogP contribution in [0, 0.1) is 11.1 Å². The number of hydrogen-bond acceptors (Lipinski definition) is 6. The molecule has 2 heterocycles. The summed E-state index contributed by atoms with van der Waals surface area (Å²) < 4.78 is 3.99. The number of nitrogens with zero attached hydrogens (tertiary/aromatic N) is 3. The molecule has 0 aromatic heterocycles. The Balaban J connectivity index is 2.09. The van der Waals surface area contributed by atoms with E-state index in [1.165, 1.54) is 7.11 Å². The minimum absolute atomic E-state index is 0.0330. The zero-order valence-electron chi connectivity index (χ0n) is 15.4. The quantitative estimate of drug-likeness (QED) is 0.482. The van der Waals surface area contributed by atoms with Gasteiger partial charge in [0, 0.05) is 19.4 Å². The Kier molecular flexibility index (Phi) is 5.40. The summed E-state index contributed by atoms with van der Waals surface area (Å²) in [6.45, 7) is -0.474. The minimum Gasteiger partial charge on any atom is -0.604 e. The molecule has 11 heteroatoms. The van der Waals surface area contributed by atoms with Crippen molar-refractivity contribution in [3.8, 4) is 5.75 Å². The number of methoxy groups -OCH3 is 1. The number of carboxylic acids is 1. The molecule has 28 heavy (non-hydrogen) atoms. The molecule has 2 saturated heterocycles. The Morgan fingerprint density at radius 3 is 2.79 bits per heavy atom. The molecule has 152 valence electrons. The number of quaternary nitrogens is 1. The van der Waals surface area contributed by atoms with Crippen LogP contribution in [0.15, 0.2) is 24.3 Å². The molecule has 11 nitrogen and oxygen atoms in total. The molecule has 0 aliphatic carbocycles. The predicted octanol–water partition coefficient (Wildman–Crippen LogP) is 0.0199. The maximum absolute atomic E-state index is 13.9. The molecule has 1 aromatic carbocycles. The first-order chi connectivity index (χ1) is 13.3. The number of aliphatic carboxylic acids is 1. The van der Waals surface area contributed by atoms with Gasteiger partial charge < -0.3 is 20.8 Å². The summed E-state index contributed by atoms with van der Waals surface area (Å²) in [6.07, 6.45) is -1.02. The van der Waals surface area contributed by atoms with Crippen LogP contribution in [0.1, 0.15) is 12.8 Å². The first-order valence-electron chi connectivity index (χ1n) is 8.84.